The van der Waals surface area contributed by atoms with E-state index in [1.165, 1.54) is 23.9 Å². The number of aromatic nitrogens is 2. The molecular formula is C14H24ClN3O. The lowest BCUT2D eigenvalue weighted by atomic mass is 9.99. The Balaban J connectivity index is 2.67. The molecule has 1 atom stereocenters. The number of halogens is 1. The smallest absolute Gasteiger partial charge is 0.287 e. The molecule has 1 unspecified atom stereocenters. The first-order chi connectivity index (χ1) is 9.13. The summed E-state index contributed by atoms with van der Waals surface area (Å²) in [7, 11) is 0. The van der Waals surface area contributed by atoms with E-state index in [1.54, 1.807) is 6.20 Å². The summed E-state index contributed by atoms with van der Waals surface area (Å²) in [6, 6.07) is 0. The summed E-state index contributed by atoms with van der Waals surface area (Å²) in [4.78, 5) is 11.8. The second-order valence-corrected chi connectivity index (χ2v) is 5.17. The molecule has 0 aliphatic rings. The first-order valence-corrected chi connectivity index (χ1v) is 7.51. The van der Waals surface area contributed by atoms with Gasteiger partial charge in [0.15, 0.2) is 0 Å². The number of nitrogens with zero attached hydrogens (tertiary/aromatic N) is 2. The molecule has 0 saturated heterocycles. The molecule has 0 fully saturated rings. The van der Waals surface area contributed by atoms with E-state index in [4.69, 9.17) is 11.6 Å². The third-order valence-electron chi connectivity index (χ3n) is 3.41. The van der Waals surface area contributed by atoms with Crippen LogP contribution in [0.1, 0.15) is 46.5 Å². The second kappa shape index (κ2) is 8.20. The normalized spacial score (nSPS) is 12.4. The standard InChI is InChI=1S/C14H24ClN3O/c1-4-7-8-11(5-2)9-16-12-10-17-18(6-3)14(19)13(12)15/h10-11,16H,4-9H2,1-3H3. The van der Waals surface area contributed by atoms with Crippen molar-refractivity contribution in [3.05, 3.63) is 21.6 Å². The van der Waals surface area contributed by atoms with Crippen LogP contribution in [-0.4, -0.2) is 16.3 Å². The maximum absolute atomic E-state index is 11.8. The lowest BCUT2D eigenvalue weighted by Crippen LogP contribution is -2.24. The van der Waals surface area contributed by atoms with E-state index in [0.29, 0.717) is 18.2 Å². The van der Waals surface area contributed by atoms with Gasteiger partial charge in [-0.25, -0.2) is 4.68 Å². The summed E-state index contributed by atoms with van der Waals surface area (Å²) in [6.07, 6.45) is 6.43. The summed E-state index contributed by atoms with van der Waals surface area (Å²) >= 11 is 6.07. The Morgan fingerprint density at radius 3 is 2.74 bits per heavy atom. The van der Waals surface area contributed by atoms with Gasteiger partial charge in [0.1, 0.15) is 5.02 Å². The maximum Gasteiger partial charge on any atom is 0.287 e. The minimum atomic E-state index is -0.226. The molecule has 4 nitrogen and oxygen atoms in total. The highest BCUT2D eigenvalue weighted by Crippen LogP contribution is 2.18. The van der Waals surface area contributed by atoms with Crippen molar-refractivity contribution in [2.24, 2.45) is 5.92 Å². The fourth-order valence-electron chi connectivity index (χ4n) is 2.01. The zero-order valence-corrected chi connectivity index (χ0v) is 12.8. The SMILES string of the molecule is CCCCC(CC)CNc1cnn(CC)c(=O)c1Cl. The Labute approximate surface area is 120 Å². The van der Waals surface area contributed by atoms with Gasteiger partial charge in [-0.05, 0) is 19.3 Å². The molecular weight excluding hydrogens is 262 g/mol. The van der Waals surface area contributed by atoms with Crippen molar-refractivity contribution in [3.63, 3.8) is 0 Å². The van der Waals surface area contributed by atoms with Crippen molar-refractivity contribution in [1.82, 2.24) is 9.78 Å². The van der Waals surface area contributed by atoms with E-state index >= 15 is 0 Å². The number of nitrogens with one attached hydrogen (secondary N) is 1. The zero-order chi connectivity index (χ0) is 14.3. The van der Waals surface area contributed by atoms with E-state index in [-0.39, 0.29) is 10.6 Å². The largest absolute Gasteiger partial charge is 0.382 e. The van der Waals surface area contributed by atoms with Gasteiger partial charge >= 0.3 is 0 Å². The van der Waals surface area contributed by atoms with Crippen LogP contribution in [0.2, 0.25) is 5.02 Å². The fraction of sp³-hybridized carbons (Fsp3) is 0.714. The Morgan fingerprint density at radius 1 is 1.42 bits per heavy atom. The summed E-state index contributed by atoms with van der Waals surface area (Å²) in [6.45, 7) is 7.64. The van der Waals surface area contributed by atoms with Crippen molar-refractivity contribution in [2.75, 3.05) is 11.9 Å². The summed E-state index contributed by atoms with van der Waals surface area (Å²) in [5.74, 6) is 0.615. The van der Waals surface area contributed by atoms with Crippen molar-refractivity contribution in [1.29, 1.82) is 0 Å². The molecule has 1 N–H and O–H groups in total. The van der Waals surface area contributed by atoms with Gasteiger partial charge in [-0.2, -0.15) is 5.10 Å². The fourth-order valence-corrected chi connectivity index (χ4v) is 2.22. The van der Waals surface area contributed by atoms with Crippen LogP contribution in [0.5, 0.6) is 0 Å². The first-order valence-electron chi connectivity index (χ1n) is 7.13. The Morgan fingerprint density at radius 2 is 2.16 bits per heavy atom. The van der Waals surface area contributed by atoms with Gasteiger partial charge in [0, 0.05) is 13.1 Å². The molecule has 0 aliphatic heterocycles. The van der Waals surface area contributed by atoms with Gasteiger partial charge in [0.25, 0.3) is 5.56 Å². The molecule has 0 radical (unpaired) electrons. The molecule has 1 aromatic rings. The molecule has 0 aliphatic carbocycles. The van der Waals surface area contributed by atoms with Crippen LogP contribution in [0.3, 0.4) is 0 Å². The van der Waals surface area contributed by atoms with Gasteiger partial charge in [0.2, 0.25) is 0 Å². The zero-order valence-electron chi connectivity index (χ0n) is 12.1. The van der Waals surface area contributed by atoms with Crippen LogP contribution in [-0.2, 0) is 6.54 Å². The number of unbranched alkanes of at least 4 members (excludes halogenated alkanes) is 1. The monoisotopic (exact) mass is 285 g/mol. The lowest BCUT2D eigenvalue weighted by molar-refractivity contribution is 0.472. The van der Waals surface area contributed by atoms with Crippen LogP contribution in [0.25, 0.3) is 0 Å². The summed E-state index contributed by atoms with van der Waals surface area (Å²) < 4.78 is 1.36. The van der Waals surface area contributed by atoms with E-state index in [0.717, 1.165) is 13.0 Å². The molecule has 0 bridgehead atoms. The van der Waals surface area contributed by atoms with Crippen LogP contribution in [0.4, 0.5) is 5.69 Å². The van der Waals surface area contributed by atoms with Crippen molar-refractivity contribution in [3.8, 4) is 0 Å². The number of hydrogen-bond acceptors (Lipinski definition) is 3. The van der Waals surface area contributed by atoms with Crippen LogP contribution in [0.15, 0.2) is 11.0 Å². The third-order valence-corrected chi connectivity index (χ3v) is 3.77. The van der Waals surface area contributed by atoms with Crippen molar-refractivity contribution >= 4 is 17.3 Å². The maximum atomic E-state index is 11.8. The Hall–Kier alpha value is -1.03. The number of hydrogen-bond donors (Lipinski definition) is 1. The molecule has 19 heavy (non-hydrogen) atoms. The molecule has 1 aromatic heterocycles. The summed E-state index contributed by atoms with van der Waals surface area (Å²) in [5.41, 5.74) is 0.419. The predicted molar refractivity (Wildman–Crippen MR) is 81.0 cm³/mol. The van der Waals surface area contributed by atoms with Crippen molar-refractivity contribution in [2.45, 2.75) is 53.0 Å². The molecule has 0 aromatic carbocycles. The number of rotatable bonds is 8. The van der Waals surface area contributed by atoms with E-state index in [1.807, 2.05) is 6.92 Å². The third kappa shape index (κ3) is 4.53. The van der Waals surface area contributed by atoms with Gasteiger partial charge in [-0.1, -0.05) is 44.7 Å². The van der Waals surface area contributed by atoms with Crippen LogP contribution < -0.4 is 10.9 Å². The topological polar surface area (TPSA) is 46.9 Å². The summed E-state index contributed by atoms with van der Waals surface area (Å²) in [5, 5.41) is 7.58. The quantitative estimate of drug-likeness (QED) is 0.795. The molecule has 1 heterocycles. The van der Waals surface area contributed by atoms with Crippen molar-refractivity contribution < 1.29 is 0 Å². The highest BCUT2D eigenvalue weighted by Gasteiger charge is 2.10. The average Bonchev–Trinajstić information content (AvgIpc) is 2.43. The Bertz CT molecular complexity index is 445. The van der Waals surface area contributed by atoms with Gasteiger partial charge in [0.05, 0.1) is 11.9 Å². The minimum absolute atomic E-state index is 0.226. The lowest BCUT2D eigenvalue weighted by Gasteiger charge is -2.16. The first kappa shape index (κ1) is 16.0. The molecule has 0 saturated carbocycles. The average molecular weight is 286 g/mol. The van der Waals surface area contributed by atoms with Crippen LogP contribution in [0, 0.1) is 5.92 Å². The minimum Gasteiger partial charge on any atom is -0.382 e. The molecule has 5 heteroatoms. The molecule has 1 rings (SSSR count). The highest BCUT2D eigenvalue weighted by molar-refractivity contribution is 6.32. The number of aryl methyl sites for hydroxylation is 1. The van der Waals surface area contributed by atoms with Gasteiger partial charge < -0.3 is 5.32 Å². The second-order valence-electron chi connectivity index (χ2n) is 4.79. The Kier molecular flexibility index (Phi) is 6.92. The molecule has 0 spiro atoms. The van der Waals surface area contributed by atoms with E-state index in [2.05, 4.69) is 24.3 Å². The van der Waals surface area contributed by atoms with E-state index < -0.39 is 0 Å². The van der Waals surface area contributed by atoms with Gasteiger partial charge in [-0.15, -0.1) is 0 Å². The predicted octanol–water partition coefficient (Wildman–Crippen LogP) is 3.54. The molecule has 108 valence electrons. The van der Waals surface area contributed by atoms with Gasteiger partial charge in [-0.3, -0.25) is 4.79 Å². The van der Waals surface area contributed by atoms with Crippen LogP contribution >= 0.6 is 11.6 Å². The highest BCUT2D eigenvalue weighted by atomic mass is 35.5. The van der Waals surface area contributed by atoms with E-state index in [9.17, 15) is 4.79 Å². The number of anilines is 1. The molecule has 0 amide bonds.